The van der Waals surface area contributed by atoms with Crippen LogP contribution in [0.4, 0.5) is 13.2 Å². The van der Waals surface area contributed by atoms with Gasteiger partial charge in [-0.3, -0.25) is 0 Å². The van der Waals surface area contributed by atoms with Crippen molar-refractivity contribution in [1.82, 2.24) is 0 Å². The van der Waals surface area contributed by atoms with Gasteiger partial charge in [-0.2, -0.15) is 0 Å². The topological polar surface area (TPSA) is 29.5 Å². The van der Waals surface area contributed by atoms with Crippen LogP contribution in [0.1, 0.15) is 37.2 Å². The van der Waals surface area contributed by atoms with E-state index in [0.717, 1.165) is 18.4 Å². The monoisotopic (exact) mass is 294 g/mol. The van der Waals surface area contributed by atoms with E-state index in [9.17, 15) is 18.3 Å². The van der Waals surface area contributed by atoms with Gasteiger partial charge in [0.15, 0.2) is 0 Å². The summed E-state index contributed by atoms with van der Waals surface area (Å²) < 4.78 is 40.2. The zero-order valence-electron chi connectivity index (χ0n) is 10.1. The lowest BCUT2D eigenvalue weighted by Crippen LogP contribution is -2.18. The quantitative estimate of drug-likeness (QED) is 0.883. The standard InChI is InChI=1S/C13H14ClF3O2/c14-11-7-9(8-1-4-10(18)5-2-8)3-6-12(11)19-13(15,16)17/h3,6-8,10,18H,1-2,4-5H2. The third-order valence-corrected chi connectivity index (χ3v) is 3.65. The number of aliphatic hydroxyl groups is 1. The molecule has 0 bridgehead atoms. The van der Waals surface area contributed by atoms with E-state index in [-0.39, 0.29) is 22.8 Å². The molecule has 1 aliphatic rings. The zero-order valence-corrected chi connectivity index (χ0v) is 10.8. The van der Waals surface area contributed by atoms with Gasteiger partial charge in [0.1, 0.15) is 5.75 Å². The fourth-order valence-corrected chi connectivity index (χ4v) is 2.62. The Morgan fingerprint density at radius 3 is 2.32 bits per heavy atom. The maximum absolute atomic E-state index is 12.1. The minimum absolute atomic E-state index is 0.0408. The van der Waals surface area contributed by atoms with Crippen molar-refractivity contribution in [1.29, 1.82) is 0 Å². The van der Waals surface area contributed by atoms with E-state index in [2.05, 4.69) is 4.74 Å². The number of ether oxygens (including phenoxy) is 1. The molecule has 0 amide bonds. The van der Waals surface area contributed by atoms with Gasteiger partial charge in [-0.05, 0) is 49.3 Å². The average Bonchev–Trinajstić information content (AvgIpc) is 2.31. The first kappa shape index (κ1) is 14.5. The third kappa shape index (κ3) is 4.01. The lowest BCUT2D eigenvalue weighted by Gasteiger charge is -2.26. The smallest absolute Gasteiger partial charge is 0.404 e. The number of hydrogen-bond donors (Lipinski definition) is 1. The van der Waals surface area contributed by atoms with Gasteiger partial charge in [0.05, 0.1) is 11.1 Å². The van der Waals surface area contributed by atoms with Gasteiger partial charge in [0, 0.05) is 0 Å². The van der Waals surface area contributed by atoms with Crippen LogP contribution in [0.5, 0.6) is 5.75 Å². The van der Waals surface area contributed by atoms with Crippen molar-refractivity contribution in [3.05, 3.63) is 28.8 Å². The molecule has 2 rings (SSSR count). The SMILES string of the molecule is OC1CCC(c2ccc(OC(F)(F)F)c(Cl)c2)CC1. The van der Waals surface area contributed by atoms with Crippen molar-refractivity contribution in [2.45, 2.75) is 44.1 Å². The van der Waals surface area contributed by atoms with Crippen LogP contribution in [0.25, 0.3) is 0 Å². The fourth-order valence-electron chi connectivity index (χ4n) is 2.39. The Hall–Kier alpha value is -0.940. The molecule has 0 spiro atoms. The molecular formula is C13H14ClF3O2. The highest BCUT2D eigenvalue weighted by Crippen LogP contribution is 2.37. The van der Waals surface area contributed by atoms with E-state index < -0.39 is 6.36 Å². The van der Waals surface area contributed by atoms with Crippen LogP contribution < -0.4 is 4.74 Å². The van der Waals surface area contributed by atoms with E-state index in [4.69, 9.17) is 11.6 Å². The van der Waals surface area contributed by atoms with Gasteiger partial charge in [-0.25, -0.2) is 0 Å². The van der Waals surface area contributed by atoms with Gasteiger partial charge in [-0.15, -0.1) is 13.2 Å². The second-order valence-electron chi connectivity index (χ2n) is 4.74. The Labute approximate surface area is 114 Å². The van der Waals surface area contributed by atoms with Crippen molar-refractivity contribution in [3.63, 3.8) is 0 Å². The maximum atomic E-state index is 12.1. The van der Waals surface area contributed by atoms with Crippen LogP contribution in [-0.4, -0.2) is 17.6 Å². The molecule has 0 unspecified atom stereocenters. The van der Waals surface area contributed by atoms with Crippen LogP contribution in [0.3, 0.4) is 0 Å². The summed E-state index contributed by atoms with van der Waals surface area (Å²) in [6, 6.07) is 4.37. The van der Waals surface area contributed by atoms with E-state index >= 15 is 0 Å². The molecule has 1 fully saturated rings. The predicted molar refractivity (Wildman–Crippen MR) is 65.4 cm³/mol. The molecule has 0 atom stereocenters. The summed E-state index contributed by atoms with van der Waals surface area (Å²) in [4.78, 5) is 0. The number of rotatable bonds is 2. The number of aliphatic hydroxyl groups excluding tert-OH is 1. The third-order valence-electron chi connectivity index (χ3n) is 3.35. The molecule has 0 aromatic heterocycles. The summed E-state index contributed by atoms with van der Waals surface area (Å²) in [5.41, 5.74) is 0.895. The van der Waals surface area contributed by atoms with Gasteiger partial charge in [-0.1, -0.05) is 17.7 Å². The molecule has 0 heterocycles. The molecule has 6 heteroatoms. The molecule has 1 aromatic rings. The Bertz CT molecular complexity index is 440. The van der Waals surface area contributed by atoms with Crippen LogP contribution in [0.2, 0.25) is 5.02 Å². The summed E-state index contributed by atoms with van der Waals surface area (Å²) in [6.07, 6.45) is -1.94. The molecule has 1 saturated carbocycles. The molecule has 2 nitrogen and oxygen atoms in total. The largest absolute Gasteiger partial charge is 0.573 e. The molecule has 106 valence electrons. The molecule has 1 aromatic carbocycles. The van der Waals surface area contributed by atoms with Crippen LogP contribution in [0, 0.1) is 0 Å². The highest BCUT2D eigenvalue weighted by atomic mass is 35.5. The normalized spacial score (nSPS) is 24.3. The fraction of sp³-hybridized carbons (Fsp3) is 0.538. The van der Waals surface area contributed by atoms with Crippen molar-refractivity contribution in [2.24, 2.45) is 0 Å². The summed E-state index contributed by atoms with van der Waals surface area (Å²) in [7, 11) is 0. The molecule has 0 radical (unpaired) electrons. The summed E-state index contributed by atoms with van der Waals surface area (Å²) in [5, 5.41) is 9.39. The van der Waals surface area contributed by atoms with E-state index in [1.165, 1.54) is 12.1 Å². The number of benzene rings is 1. The lowest BCUT2D eigenvalue weighted by molar-refractivity contribution is -0.274. The summed E-state index contributed by atoms with van der Waals surface area (Å²) >= 11 is 5.81. The Morgan fingerprint density at radius 2 is 1.79 bits per heavy atom. The minimum atomic E-state index is -4.74. The first-order valence-corrected chi connectivity index (χ1v) is 6.46. The van der Waals surface area contributed by atoms with E-state index in [1.807, 2.05) is 0 Å². The lowest BCUT2D eigenvalue weighted by atomic mass is 9.83. The first-order chi connectivity index (χ1) is 8.85. The molecule has 0 aliphatic heterocycles. The second-order valence-corrected chi connectivity index (χ2v) is 5.15. The van der Waals surface area contributed by atoms with Crippen LogP contribution >= 0.6 is 11.6 Å². The highest BCUT2D eigenvalue weighted by molar-refractivity contribution is 6.32. The number of alkyl halides is 3. The Morgan fingerprint density at radius 1 is 1.16 bits per heavy atom. The molecule has 19 heavy (non-hydrogen) atoms. The van der Waals surface area contributed by atoms with Crippen LogP contribution in [-0.2, 0) is 0 Å². The number of hydrogen-bond acceptors (Lipinski definition) is 2. The minimum Gasteiger partial charge on any atom is -0.404 e. The molecule has 1 N–H and O–H groups in total. The van der Waals surface area contributed by atoms with Crippen molar-refractivity contribution in [2.75, 3.05) is 0 Å². The maximum Gasteiger partial charge on any atom is 0.573 e. The van der Waals surface area contributed by atoms with Gasteiger partial charge in [0.25, 0.3) is 0 Å². The van der Waals surface area contributed by atoms with Gasteiger partial charge in [0.2, 0.25) is 0 Å². The zero-order chi connectivity index (χ0) is 14.0. The van der Waals surface area contributed by atoms with Crippen LogP contribution in [0.15, 0.2) is 18.2 Å². The molecule has 0 saturated heterocycles. The van der Waals surface area contributed by atoms with Gasteiger partial charge >= 0.3 is 6.36 Å². The Kier molecular flexibility index (Phi) is 4.26. The van der Waals surface area contributed by atoms with Crippen molar-refractivity contribution >= 4 is 11.6 Å². The average molecular weight is 295 g/mol. The first-order valence-electron chi connectivity index (χ1n) is 6.08. The van der Waals surface area contributed by atoms with E-state index in [0.29, 0.717) is 12.8 Å². The highest BCUT2D eigenvalue weighted by Gasteiger charge is 2.32. The molecule has 1 aliphatic carbocycles. The van der Waals surface area contributed by atoms with E-state index in [1.54, 1.807) is 6.07 Å². The second kappa shape index (κ2) is 5.59. The Balaban J connectivity index is 2.10. The van der Waals surface area contributed by atoms with Gasteiger partial charge < -0.3 is 9.84 Å². The summed E-state index contributed by atoms with van der Waals surface area (Å²) in [6.45, 7) is 0. The number of halogens is 4. The van der Waals surface area contributed by atoms with Crippen molar-refractivity contribution < 1.29 is 23.0 Å². The van der Waals surface area contributed by atoms with Crippen molar-refractivity contribution in [3.8, 4) is 5.75 Å². The summed E-state index contributed by atoms with van der Waals surface area (Å²) in [5.74, 6) is -0.144. The predicted octanol–water partition coefficient (Wildman–Crippen LogP) is 4.26. The molecular weight excluding hydrogens is 281 g/mol.